The van der Waals surface area contributed by atoms with Crippen LogP contribution in [0.3, 0.4) is 0 Å². The van der Waals surface area contributed by atoms with Crippen molar-refractivity contribution in [1.82, 2.24) is 34.8 Å². The normalized spacial score (nSPS) is 20.4. The fourth-order valence-corrected chi connectivity index (χ4v) is 4.34. The number of amides is 1. The van der Waals surface area contributed by atoms with E-state index in [9.17, 15) is 9.18 Å². The third-order valence-corrected chi connectivity index (χ3v) is 6.05. The van der Waals surface area contributed by atoms with Gasteiger partial charge in [-0.15, -0.1) is 5.10 Å². The van der Waals surface area contributed by atoms with Gasteiger partial charge in [0.2, 0.25) is 0 Å². The highest BCUT2D eigenvalue weighted by Crippen LogP contribution is 2.31. The molecule has 31 heavy (non-hydrogen) atoms. The first kappa shape index (κ1) is 20.1. The zero-order valence-corrected chi connectivity index (χ0v) is 17.3. The number of halogens is 1. The molecule has 0 aliphatic carbocycles. The van der Waals surface area contributed by atoms with Crippen LogP contribution >= 0.6 is 0 Å². The number of benzene rings is 1. The van der Waals surface area contributed by atoms with Crippen LogP contribution in [-0.2, 0) is 11.3 Å². The van der Waals surface area contributed by atoms with Crippen LogP contribution in [0.15, 0.2) is 24.4 Å². The summed E-state index contributed by atoms with van der Waals surface area (Å²) in [6.07, 6.45) is 4.47. The predicted molar refractivity (Wildman–Crippen MR) is 111 cm³/mol. The molecule has 1 N–H and O–H groups in total. The van der Waals surface area contributed by atoms with Crippen molar-refractivity contribution in [1.29, 1.82) is 0 Å². The molecular weight excluding hydrogens is 401 g/mol. The molecule has 10 heteroatoms. The number of nitrogens with zero attached hydrogens (tertiary/aromatic N) is 6. The molecular formula is C21H26FN7O2. The van der Waals surface area contributed by atoms with Crippen LogP contribution < -0.4 is 0 Å². The molecule has 2 fully saturated rings. The average Bonchev–Trinajstić information content (AvgIpc) is 3.45. The van der Waals surface area contributed by atoms with Gasteiger partial charge in [-0.1, -0.05) is 5.21 Å². The van der Waals surface area contributed by atoms with Gasteiger partial charge in [-0.3, -0.25) is 14.4 Å². The number of hydrogen-bond acceptors (Lipinski definition) is 6. The number of aromatic nitrogens is 5. The topological polar surface area (TPSA) is 92.2 Å². The number of H-pyrrole nitrogens is 1. The van der Waals surface area contributed by atoms with Gasteiger partial charge in [-0.05, 0) is 37.5 Å². The second-order valence-electron chi connectivity index (χ2n) is 8.11. The lowest BCUT2D eigenvalue weighted by Crippen LogP contribution is -2.39. The Kier molecular flexibility index (Phi) is 5.65. The molecule has 0 spiro atoms. The van der Waals surface area contributed by atoms with Crippen molar-refractivity contribution >= 4 is 16.9 Å². The molecule has 2 aliphatic heterocycles. The van der Waals surface area contributed by atoms with Crippen LogP contribution in [0.1, 0.15) is 41.6 Å². The molecule has 0 unspecified atom stereocenters. The van der Waals surface area contributed by atoms with E-state index >= 15 is 0 Å². The highest BCUT2D eigenvalue weighted by molar-refractivity contribution is 5.92. The zero-order valence-electron chi connectivity index (χ0n) is 17.3. The Morgan fingerprint density at radius 2 is 2.06 bits per heavy atom. The Bertz CT molecular complexity index is 1060. The van der Waals surface area contributed by atoms with Crippen LogP contribution in [0.25, 0.3) is 11.0 Å². The summed E-state index contributed by atoms with van der Waals surface area (Å²) in [6.45, 7) is 5.50. The van der Waals surface area contributed by atoms with Crippen molar-refractivity contribution in [3.05, 3.63) is 41.7 Å². The van der Waals surface area contributed by atoms with Crippen molar-refractivity contribution in [3.8, 4) is 0 Å². The molecule has 164 valence electrons. The second-order valence-corrected chi connectivity index (χ2v) is 8.11. The van der Waals surface area contributed by atoms with E-state index < -0.39 is 0 Å². The van der Waals surface area contributed by atoms with E-state index in [0.29, 0.717) is 35.6 Å². The molecule has 2 aromatic heterocycles. The van der Waals surface area contributed by atoms with Crippen molar-refractivity contribution < 1.29 is 13.9 Å². The van der Waals surface area contributed by atoms with Crippen LogP contribution in [-0.4, -0.2) is 80.1 Å². The first-order chi connectivity index (χ1) is 15.2. The first-order valence-corrected chi connectivity index (χ1v) is 10.8. The molecule has 2 saturated heterocycles. The summed E-state index contributed by atoms with van der Waals surface area (Å²) in [4.78, 5) is 25.2. The zero-order chi connectivity index (χ0) is 21.2. The van der Waals surface area contributed by atoms with Gasteiger partial charge in [-0.25, -0.2) is 9.37 Å². The van der Waals surface area contributed by atoms with E-state index in [1.54, 1.807) is 16.9 Å². The van der Waals surface area contributed by atoms with Gasteiger partial charge in [0, 0.05) is 26.2 Å². The van der Waals surface area contributed by atoms with Gasteiger partial charge in [0.05, 0.1) is 43.0 Å². The van der Waals surface area contributed by atoms with Crippen molar-refractivity contribution in [2.24, 2.45) is 0 Å². The summed E-state index contributed by atoms with van der Waals surface area (Å²) in [6, 6.07) is 4.29. The number of nitrogens with one attached hydrogen (secondary N) is 1. The number of rotatable bonds is 5. The van der Waals surface area contributed by atoms with Gasteiger partial charge in [0.1, 0.15) is 11.6 Å². The van der Waals surface area contributed by atoms with E-state index in [2.05, 4.69) is 25.2 Å². The summed E-state index contributed by atoms with van der Waals surface area (Å²) in [5, 5.41) is 8.29. The summed E-state index contributed by atoms with van der Waals surface area (Å²) < 4.78 is 20.7. The SMILES string of the molecule is O=C(c1cn(CCN2CCOCC2)nn1)N1CCCC[C@@H]1c1nc2ccc(F)cc2[nH]1. The molecule has 0 saturated carbocycles. The van der Waals surface area contributed by atoms with Gasteiger partial charge < -0.3 is 14.6 Å². The summed E-state index contributed by atoms with van der Waals surface area (Å²) in [5.41, 5.74) is 1.68. The van der Waals surface area contributed by atoms with E-state index in [-0.39, 0.29) is 17.8 Å². The third kappa shape index (κ3) is 4.31. The number of carbonyl (C=O) groups excluding carboxylic acids is 1. The van der Waals surface area contributed by atoms with Crippen molar-refractivity contribution in [2.75, 3.05) is 39.4 Å². The maximum absolute atomic E-state index is 13.6. The lowest BCUT2D eigenvalue weighted by atomic mass is 10.0. The van der Waals surface area contributed by atoms with Crippen molar-refractivity contribution in [2.45, 2.75) is 31.8 Å². The summed E-state index contributed by atoms with van der Waals surface area (Å²) in [7, 11) is 0. The molecule has 4 heterocycles. The Balaban J connectivity index is 1.30. The van der Waals surface area contributed by atoms with E-state index in [4.69, 9.17) is 4.74 Å². The summed E-state index contributed by atoms with van der Waals surface area (Å²) >= 11 is 0. The number of piperidine rings is 1. The molecule has 3 aromatic rings. The number of ether oxygens (including phenoxy) is 1. The lowest BCUT2D eigenvalue weighted by Gasteiger charge is -2.33. The maximum Gasteiger partial charge on any atom is 0.276 e. The van der Waals surface area contributed by atoms with Crippen LogP contribution in [0.2, 0.25) is 0 Å². The number of hydrogen-bond donors (Lipinski definition) is 1. The van der Waals surface area contributed by atoms with Gasteiger partial charge in [0.25, 0.3) is 5.91 Å². The number of morpholine rings is 1. The van der Waals surface area contributed by atoms with E-state index in [0.717, 1.165) is 52.1 Å². The second kappa shape index (κ2) is 8.72. The largest absolute Gasteiger partial charge is 0.379 e. The standard InChI is InChI=1S/C21H26FN7O2/c22-15-4-5-16-17(13-15)24-20(23-16)19-3-1-2-6-29(19)21(30)18-14-28(26-25-18)8-7-27-9-11-31-12-10-27/h4-5,13-14,19H,1-3,6-12H2,(H,23,24)/t19-/m1/s1. The van der Waals surface area contributed by atoms with Crippen LogP contribution in [0, 0.1) is 5.82 Å². The Morgan fingerprint density at radius 1 is 1.19 bits per heavy atom. The minimum atomic E-state index is -0.312. The first-order valence-electron chi connectivity index (χ1n) is 10.8. The quantitative estimate of drug-likeness (QED) is 0.670. The molecule has 5 rings (SSSR count). The molecule has 2 aliphatic rings. The molecule has 1 aromatic carbocycles. The Labute approximate surface area is 179 Å². The Morgan fingerprint density at radius 3 is 2.94 bits per heavy atom. The minimum Gasteiger partial charge on any atom is -0.379 e. The fraction of sp³-hybridized carbons (Fsp3) is 0.524. The molecule has 1 atom stereocenters. The van der Waals surface area contributed by atoms with Gasteiger partial charge in [0.15, 0.2) is 5.69 Å². The lowest BCUT2D eigenvalue weighted by molar-refractivity contribution is 0.0359. The Hall–Kier alpha value is -2.85. The minimum absolute atomic E-state index is 0.144. The number of carbonyl (C=O) groups is 1. The highest BCUT2D eigenvalue weighted by atomic mass is 19.1. The van der Waals surface area contributed by atoms with Gasteiger partial charge >= 0.3 is 0 Å². The van der Waals surface area contributed by atoms with Crippen molar-refractivity contribution in [3.63, 3.8) is 0 Å². The summed E-state index contributed by atoms with van der Waals surface area (Å²) in [5.74, 6) is 0.232. The molecule has 9 nitrogen and oxygen atoms in total. The number of likely N-dealkylation sites (tertiary alicyclic amines) is 1. The number of fused-ring (bicyclic) bond motifs is 1. The fourth-order valence-electron chi connectivity index (χ4n) is 4.34. The van der Waals surface area contributed by atoms with E-state index in [1.165, 1.54) is 12.1 Å². The van der Waals surface area contributed by atoms with E-state index in [1.807, 2.05) is 4.90 Å². The number of imidazole rings is 1. The molecule has 0 bridgehead atoms. The smallest absolute Gasteiger partial charge is 0.276 e. The highest BCUT2D eigenvalue weighted by Gasteiger charge is 2.32. The third-order valence-electron chi connectivity index (χ3n) is 6.05. The monoisotopic (exact) mass is 427 g/mol. The predicted octanol–water partition coefficient (Wildman–Crippen LogP) is 1.99. The van der Waals surface area contributed by atoms with Crippen LogP contribution in [0.4, 0.5) is 4.39 Å². The molecule has 0 radical (unpaired) electrons. The molecule has 1 amide bonds. The number of aromatic amines is 1. The maximum atomic E-state index is 13.6. The average molecular weight is 427 g/mol. The van der Waals surface area contributed by atoms with Crippen LogP contribution in [0.5, 0.6) is 0 Å². The van der Waals surface area contributed by atoms with Gasteiger partial charge in [-0.2, -0.15) is 0 Å².